The third kappa shape index (κ3) is 2.92. The van der Waals surface area contributed by atoms with Gasteiger partial charge in [0.05, 0.1) is 11.5 Å². The second-order valence-electron chi connectivity index (χ2n) is 5.12. The van der Waals surface area contributed by atoms with E-state index in [1.807, 2.05) is 6.07 Å². The number of amides is 1. The summed E-state index contributed by atoms with van der Waals surface area (Å²) in [7, 11) is 0. The van der Waals surface area contributed by atoms with Gasteiger partial charge in [-0.3, -0.25) is 9.69 Å². The summed E-state index contributed by atoms with van der Waals surface area (Å²) in [5.74, 6) is -0.310. The van der Waals surface area contributed by atoms with Crippen LogP contribution in [0.1, 0.15) is 9.67 Å². The van der Waals surface area contributed by atoms with Crippen LogP contribution in [0, 0.1) is 5.82 Å². The zero-order valence-electron chi connectivity index (χ0n) is 11.6. The molecule has 3 rings (SSSR count). The number of rotatable bonds is 3. The molecule has 0 radical (unpaired) electrons. The first-order valence-electron chi connectivity index (χ1n) is 6.99. The molecule has 0 bridgehead atoms. The quantitative estimate of drug-likeness (QED) is 0.940. The van der Waals surface area contributed by atoms with Crippen molar-refractivity contribution in [3.05, 3.63) is 35.0 Å². The molecule has 0 saturated carbocycles. The van der Waals surface area contributed by atoms with Crippen LogP contribution in [0.15, 0.2) is 24.3 Å². The molecule has 1 amide bonds. The van der Waals surface area contributed by atoms with Crippen molar-refractivity contribution >= 4 is 27.3 Å². The van der Waals surface area contributed by atoms with Gasteiger partial charge < -0.3 is 10.0 Å². The van der Waals surface area contributed by atoms with Crippen molar-refractivity contribution in [3.8, 4) is 0 Å². The molecule has 1 saturated heterocycles. The molecule has 112 valence electrons. The maximum Gasteiger partial charge on any atom is 0.264 e. The average molecular weight is 308 g/mol. The van der Waals surface area contributed by atoms with E-state index in [4.69, 9.17) is 5.11 Å². The number of nitrogens with zero attached hydrogens (tertiary/aromatic N) is 2. The van der Waals surface area contributed by atoms with Crippen LogP contribution >= 0.6 is 11.3 Å². The maximum atomic E-state index is 13.7. The summed E-state index contributed by atoms with van der Waals surface area (Å²) in [5.41, 5.74) is 0. The van der Waals surface area contributed by atoms with Gasteiger partial charge in [0, 0.05) is 42.8 Å². The number of aliphatic hydroxyl groups is 1. The Balaban J connectivity index is 1.74. The van der Waals surface area contributed by atoms with Gasteiger partial charge in [-0.15, -0.1) is 11.3 Å². The van der Waals surface area contributed by atoms with Gasteiger partial charge >= 0.3 is 0 Å². The summed E-state index contributed by atoms with van der Waals surface area (Å²) in [4.78, 5) is 17.0. The van der Waals surface area contributed by atoms with Crippen LogP contribution in [0.2, 0.25) is 0 Å². The predicted octanol–water partition coefficient (Wildman–Crippen LogP) is 1.79. The second kappa shape index (κ2) is 6.09. The van der Waals surface area contributed by atoms with Crippen LogP contribution in [0.3, 0.4) is 0 Å². The molecule has 1 N–H and O–H groups in total. The normalized spacial score (nSPS) is 16.6. The van der Waals surface area contributed by atoms with Crippen molar-refractivity contribution < 1.29 is 14.3 Å². The van der Waals surface area contributed by atoms with Crippen LogP contribution in [-0.4, -0.2) is 60.1 Å². The van der Waals surface area contributed by atoms with Crippen molar-refractivity contribution in [2.24, 2.45) is 0 Å². The maximum absolute atomic E-state index is 13.7. The first kappa shape index (κ1) is 14.4. The fourth-order valence-electron chi connectivity index (χ4n) is 2.60. The monoisotopic (exact) mass is 308 g/mol. The molecule has 4 nitrogen and oxygen atoms in total. The van der Waals surface area contributed by atoms with Crippen molar-refractivity contribution in [3.63, 3.8) is 0 Å². The van der Waals surface area contributed by atoms with Crippen molar-refractivity contribution in [1.29, 1.82) is 0 Å². The number of halogens is 1. The lowest BCUT2D eigenvalue weighted by molar-refractivity contribution is 0.0619. The molecule has 1 aliphatic rings. The van der Waals surface area contributed by atoms with Gasteiger partial charge in [0.25, 0.3) is 5.91 Å². The molecular formula is C15H17FN2O2S. The zero-order chi connectivity index (χ0) is 14.8. The Morgan fingerprint density at radius 1 is 1.29 bits per heavy atom. The summed E-state index contributed by atoms with van der Waals surface area (Å²) < 4.78 is 14.5. The summed E-state index contributed by atoms with van der Waals surface area (Å²) in [6.45, 7) is 3.63. The lowest BCUT2D eigenvalue weighted by Crippen LogP contribution is -2.49. The summed E-state index contributed by atoms with van der Waals surface area (Å²) in [6.07, 6.45) is 0. The molecule has 1 aliphatic heterocycles. The van der Waals surface area contributed by atoms with E-state index in [1.54, 1.807) is 17.0 Å². The molecular weight excluding hydrogens is 291 g/mol. The number of hydrogen-bond donors (Lipinski definition) is 1. The van der Waals surface area contributed by atoms with Crippen LogP contribution in [0.5, 0.6) is 0 Å². The van der Waals surface area contributed by atoms with Gasteiger partial charge in [0.15, 0.2) is 0 Å². The molecule has 0 spiro atoms. The number of aliphatic hydroxyl groups excluding tert-OH is 1. The summed E-state index contributed by atoms with van der Waals surface area (Å²) >= 11 is 1.34. The van der Waals surface area contributed by atoms with E-state index in [-0.39, 0.29) is 18.3 Å². The molecule has 2 aromatic rings. The fourth-order valence-corrected chi connectivity index (χ4v) is 3.65. The fraction of sp³-hybridized carbons (Fsp3) is 0.400. The minimum Gasteiger partial charge on any atom is -0.395 e. The van der Waals surface area contributed by atoms with E-state index >= 15 is 0 Å². The van der Waals surface area contributed by atoms with Gasteiger partial charge in [-0.2, -0.15) is 0 Å². The first-order valence-corrected chi connectivity index (χ1v) is 7.81. The van der Waals surface area contributed by atoms with E-state index in [1.165, 1.54) is 17.4 Å². The number of carbonyl (C=O) groups excluding carboxylic acids is 1. The highest BCUT2D eigenvalue weighted by atomic mass is 32.1. The number of fused-ring (bicyclic) bond motifs is 1. The van der Waals surface area contributed by atoms with Crippen molar-refractivity contribution in [1.82, 2.24) is 9.80 Å². The molecule has 1 fully saturated rings. The Hall–Kier alpha value is -1.50. The number of β-amino-alcohol motifs (C(OH)–C–C–N with tert-alkyl or cyclic N) is 1. The van der Waals surface area contributed by atoms with Crippen LogP contribution in [0.25, 0.3) is 10.1 Å². The molecule has 0 atom stereocenters. The molecule has 1 aromatic carbocycles. The van der Waals surface area contributed by atoms with Gasteiger partial charge in [-0.05, 0) is 18.2 Å². The lowest BCUT2D eigenvalue weighted by Gasteiger charge is -2.34. The summed E-state index contributed by atoms with van der Waals surface area (Å²) in [5, 5.41) is 9.44. The van der Waals surface area contributed by atoms with E-state index in [2.05, 4.69) is 4.90 Å². The van der Waals surface area contributed by atoms with Crippen LogP contribution < -0.4 is 0 Å². The summed E-state index contributed by atoms with van der Waals surface area (Å²) in [6, 6.07) is 6.56. The Kier molecular flexibility index (Phi) is 4.19. The first-order chi connectivity index (χ1) is 10.2. The Morgan fingerprint density at radius 2 is 2.05 bits per heavy atom. The minimum atomic E-state index is -0.282. The largest absolute Gasteiger partial charge is 0.395 e. The van der Waals surface area contributed by atoms with Gasteiger partial charge in [-0.1, -0.05) is 6.07 Å². The van der Waals surface area contributed by atoms with Crippen LogP contribution in [-0.2, 0) is 0 Å². The van der Waals surface area contributed by atoms with Crippen molar-refractivity contribution in [2.75, 3.05) is 39.3 Å². The highest BCUT2D eigenvalue weighted by molar-refractivity contribution is 7.20. The highest BCUT2D eigenvalue weighted by Gasteiger charge is 2.23. The van der Waals surface area contributed by atoms with E-state index in [9.17, 15) is 9.18 Å². The average Bonchev–Trinajstić information content (AvgIpc) is 2.93. The molecule has 1 aromatic heterocycles. The van der Waals surface area contributed by atoms with Gasteiger partial charge in [0.2, 0.25) is 0 Å². The standard InChI is InChI=1S/C15H17FN2O2S/c16-12-2-1-3-13-11(12)10-14(21-13)15(20)18-6-4-17(5-7-18)8-9-19/h1-3,10,19H,4-9H2. The number of piperazine rings is 1. The molecule has 21 heavy (non-hydrogen) atoms. The number of thiophene rings is 1. The van der Waals surface area contributed by atoms with Gasteiger partial charge in [-0.25, -0.2) is 4.39 Å². The van der Waals surface area contributed by atoms with E-state index in [0.717, 1.165) is 17.8 Å². The Bertz CT molecular complexity index is 650. The number of carbonyl (C=O) groups is 1. The second-order valence-corrected chi connectivity index (χ2v) is 6.20. The molecule has 2 heterocycles. The molecule has 0 aliphatic carbocycles. The van der Waals surface area contributed by atoms with Crippen LogP contribution in [0.4, 0.5) is 4.39 Å². The third-order valence-corrected chi connectivity index (χ3v) is 4.88. The third-order valence-electron chi connectivity index (χ3n) is 3.79. The minimum absolute atomic E-state index is 0.0285. The topological polar surface area (TPSA) is 43.8 Å². The Morgan fingerprint density at radius 3 is 2.71 bits per heavy atom. The molecule has 6 heteroatoms. The predicted molar refractivity (Wildman–Crippen MR) is 81.2 cm³/mol. The number of hydrogen-bond acceptors (Lipinski definition) is 4. The van der Waals surface area contributed by atoms with Gasteiger partial charge in [0.1, 0.15) is 5.82 Å². The Labute approximate surface area is 126 Å². The zero-order valence-corrected chi connectivity index (χ0v) is 12.4. The smallest absolute Gasteiger partial charge is 0.264 e. The highest BCUT2D eigenvalue weighted by Crippen LogP contribution is 2.28. The van der Waals surface area contributed by atoms with E-state index < -0.39 is 0 Å². The van der Waals surface area contributed by atoms with Crippen molar-refractivity contribution in [2.45, 2.75) is 0 Å². The number of benzene rings is 1. The SMILES string of the molecule is O=C(c1cc2c(F)cccc2s1)N1CCN(CCO)CC1. The van der Waals surface area contributed by atoms with E-state index in [0.29, 0.717) is 29.9 Å². The molecule has 0 unspecified atom stereocenters. The lowest BCUT2D eigenvalue weighted by atomic mass is 10.2.